The van der Waals surface area contributed by atoms with Gasteiger partial charge in [0.15, 0.2) is 11.3 Å². The molecule has 3 nitrogen and oxygen atoms in total. The maximum atomic E-state index is 13.6. The Balaban J connectivity index is 1.93. The number of hydrogen-bond acceptors (Lipinski definition) is 2. The van der Waals surface area contributed by atoms with Gasteiger partial charge in [0.1, 0.15) is 0 Å². The Hall–Kier alpha value is -2.57. The SMILES string of the molecule is FC(F)(F)c1cc(-c2ccc(Cl)cc2)nc2cc(-c3ccc(Cl)cc3)nn12. The van der Waals surface area contributed by atoms with Crippen molar-refractivity contribution in [1.29, 1.82) is 0 Å². The number of hydrogen-bond donors (Lipinski definition) is 0. The molecule has 0 aliphatic heterocycles. The van der Waals surface area contributed by atoms with Crippen molar-refractivity contribution in [2.24, 2.45) is 0 Å². The zero-order valence-corrected chi connectivity index (χ0v) is 15.0. The van der Waals surface area contributed by atoms with Crippen LogP contribution in [0.4, 0.5) is 13.2 Å². The van der Waals surface area contributed by atoms with Gasteiger partial charge < -0.3 is 0 Å². The molecular weight excluding hydrogens is 398 g/mol. The zero-order chi connectivity index (χ0) is 19.2. The molecule has 4 rings (SSSR count). The molecule has 0 amide bonds. The molecule has 0 fully saturated rings. The molecule has 0 bridgehead atoms. The number of aromatic nitrogens is 3. The van der Waals surface area contributed by atoms with E-state index >= 15 is 0 Å². The van der Waals surface area contributed by atoms with E-state index in [0.29, 0.717) is 26.9 Å². The summed E-state index contributed by atoms with van der Waals surface area (Å²) in [5.41, 5.74) is 0.928. The van der Waals surface area contributed by atoms with Crippen LogP contribution in [0.3, 0.4) is 0 Å². The van der Waals surface area contributed by atoms with Gasteiger partial charge in [-0.15, -0.1) is 0 Å². The van der Waals surface area contributed by atoms with E-state index < -0.39 is 11.9 Å². The van der Waals surface area contributed by atoms with E-state index in [9.17, 15) is 13.2 Å². The first-order valence-electron chi connectivity index (χ1n) is 7.81. The molecule has 0 saturated carbocycles. The van der Waals surface area contributed by atoms with Gasteiger partial charge in [-0.25, -0.2) is 9.50 Å². The second kappa shape index (κ2) is 6.55. The fraction of sp³-hybridized carbons (Fsp3) is 0.0526. The molecule has 0 unspecified atom stereocenters. The molecule has 0 N–H and O–H groups in total. The van der Waals surface area contributed by atoms with Crippen LogP contribution in [0.2, 0.25) is 10.0 Å². The molecule has 2 heterocycles. The van der Waals surface area contributed by atoms with E-state index in [4.69, 9.17) is 23.2 Å². The van der Waals surface area contributed by atoms with Crippen LogP contribution in [0.5, 0.6) is 0 Å². The highest BCUT2D eigenvalue weighted by atomic mass is 35.5. The van der Waals surface area contributed by atoms with E-state index in [1.807, 2.05) is 0 Å². The average molecular weight is 408 g/mol. The van der Waals surface area contributed by atoms with Crippen LogP contribution in [0.15, 0.2) is 60.7 Å². The maximum Gasteiger partial charge on any atom is 0.433 e. The van der Waals surface area contributed by atoms with Crippen molar-refractivity contribution in [2.75, 3.05) is 0 Å². The normalized spacial score (nSPS) is 11.9. The monoisotopic (exact) mass is 407 g/mol. The van der Waals surface area contributed by atoms with Crippen LogP contribution >= 0.6 is 23.2 Å². The third-order valence-electron chi connectivity index (χ3n) is 4.00. The Kier molecular flexibility index (Phi) is 4.32. The topological polar surface area (TPSA) is 30.2 Å². The van der Waals surface area contributed by atoms with Crippen molar-refractivity contribution >= 4 is 28.8 Å². The number of halogens is 5. The second-order valence-corrected chi connectivity index (χ2v) is 6.71. The summed E-state index contributed by atoms with van der Waals surface area (Å²) in [5.74, 6) is 0. The Morgan fingerprint density at radius 2 is 1.26 bits per heavy atom. The highest BCUT2D eigenvalue weighted by molar-refractivity contribution is 6.30. The molecule has 8 heteroatoms. The quantitative estimate of drug-likeness (QED) is 0.385. The lowest BCUT2D eigenvalue weighted by atomic mass is 10.1. The minimum Gasteiger partial charge on any atom is -0.228 e. The van der Waals surface area contributed by atoms with E-state index in [0.717, 1.165) is 10.6 Å². The molecule has 0 spiro atoms. The first kappa shape index (κ1) is 17.8. The van der Waals surface area contributed by atoms with Gasteiger partial charge in [0.2, 0.25) is 0 Å². The summed E-state index contributed by atoms with van der Waals surface area (Å²) < 4.78 is 41.7. The second-order valence-electron chi connectivity index (χ2n) is 5.84. The number of rotatable bonds is 2. The predicted molar refractivity (Wildman–Crippen MR) is 98.9 cm³/mol. The van der Waals surface area contributed by atoms with Gasteiger partial charge in [-0.1, -0.05) is 47.5 Å². The van der Waals surface area contributed by atoms with Gasteiger partial charge in [-0.3, -0.25) is 0 Å². The van der Waals surface area contributed by atoms with Crippen molar-refractivity contribution in [2.45, 2.75) is 6.18 Å². The van der Waals surface area contributed by atoms with Crippen molar-refractivity contribution in [3.05, 3.63) is 76.4 Å². The zero-order valence-electron chi connectivity index (χ0n) is 13.5. The van der Waals surface area contributed by atoms with Gasteiger partial charge >= 0.3 is 6.18 Å². The van der Waals surface area contributed by atoms with Crippen LogP contribution in [0.1, 0.15) is 5.69 Å². The van der Waals surface area contributed by atoms with Crippen LogP contribution in [-0.4, -0.2) is 14.6 Å². The van der Waals surface area contributed by atoms with Gasteiger partial charge in [0, 0.05) is 27.2 Å². The average Bonchev–Trinajstić information content (AvgIpc) is 3.05. The summed E-state index contributed by atoms with van der Waals surface area (Å²) in [5, 5.41) is 5.12. The molecule has 0 saturated heterocycles. The first-order chi connectivity index (χ1) is 12.8. The van der Waals surface area contributed by atoms with Crippen LogP contribution in [0.25, 0.3) is 28.2 Å². The summed E-state index contributed by atoms with van der Waals surface area (Å²) in [6.45, 7) is 0. The molecule has 0 aliphatic carbocycles. The molecule has 2 aromatic carbocycles. The van der Waals surface area contributed by atoms with E-state index in [2.05, 4.69) is 10.1 Å². The number of benzene rings is 2. The minimum atomic E-state index is -4.59. The Labute approximate surface area is 162 Å². The molecule has 0 atom stereocenters. The highest BCUT2D eigenvalue weighted by Gasteiger charge is 2.35. The lowest BCUT2D eigenvalue weighted by molar-refractivity contribution is -0.142. The van der Waals surface area contributed by atoms with Gasteiger partial charge in [0.25, 0.3) is 0 Å². The third-order valence-corrected chi connectivity index (χ3v) is 4.50. The molecule has 4 aromatic rings. The number of alkyl halides is 3. The fourth-order valence-corrected chi connectivity index (χ4v) is 2.96. The summed E-state index contributed by atoms with van der Waals surface area (Å²) in [6.07, 6.45) is -4.59. The molecule has 0 radical (unpaired) electrons. The van der Waals surface area contributed by atoms with Crippen LogP contribution in [-0.2, 0) is 6.18 Å². The van der Waals surface area contributed by atoms with Gasteiger partial charge in [-0.05, 0) is 30.3 Å². The van der Waals surface area contributed by atoms with Gasteiger partial charge in [-0.2, -0.15) is 18.3 Å². The Morgan fingerprint density at radius 3 is 1.78 bits per heavy atom. The van der Waals surface area contributed by atoms with E-state index in [1.54, 1.807) is 48.5 Å². The Morgan fingerprint density at radius 1 is 0.741 bits per heavy atom. The molecule has 27 heavy (non-hydrogen) atoms. The summed E-state index contributed by atoms with van der Waals surface area (Å²) in [4.78, 5) is 4.34. The van der Waals surface area contributed by atoms with E-state index in [-0.39, 0.29) is 11.3 Å². The summed E-state index contributed by atoms with van der Waals surface area (Å²) >= 11 is 11.7. The van der Waals surface area contributed by atoms with Crippen molar-refractivity contribution < 1.29 is 13.2 Å². The molecule has 2 aromatic heterocycles. The number of fused-ring (bicyclic) bond motifs is 1. The molecule has 136 valence electrons. The predicted octanol–water partition coefficient (Wildman–Crippen LogP) is 6.39. The van der Waals surface area contributed by atoms with Crippen molar-refractivity contribution in [3.8, 4) is 22.5 Å². The van der Waals surface area contributed by atoms with Crippen molar-refractivity contribution in [1.82, 2.24) is 14.6 Å². The van der Waals surface area contributed by atoms with Gasteiger partial charge in [0.05, 0.1) is 11.4 Å². The third kappa shape index (κ3) is 3.50. The van der Waals surface area contributed by atoms with E-state index in [1.165, 1.54) is 6.07 Å². The summed E-state index contributed by atoms with van der Waals surface area (Å²) in [7, 11) is 0. The summed E-state index contributed by atoms with van der Waals surface area (Å²) in [6, 6.07) is 15.6. The van der Waals surface area contributed by atoms with Crippen LogP contribution < -0.4 is 0 Å². The fourth-order valence-electron chi connectivity index (χ4n) is 2.71. The smallest absolute Gasteiger partial charge is 0.228 e. The molecule has 0 aliphatic rings. The first-order valence-corrected chi connectivity index (χ1v) is 8.57. The largest absolute Gasteiger partial charge is 0.433 e. The standard InChI is InChI=1S/C19H10Cl2F3N3/c20-13-5-1-11(2-6-13)15-9-17(19(22,23)24)27-18(25-15)10-16(26-27)12-3-7-14(21)8-4-12/h1-10H. The lowest BCUT2D eigenvalue weighted by Gasteiger charge is -2.11. The number of nitrogens with zero attached hydrogens (tertiary/aromatic N) is 3. The highest BCUT2D eigenvalue weighted by Crippen LogP contribution is 2.33. The minimum absolute atomic E-state index is 0.0970. The Bertz CT molecular complexity index is 1120. The van der Waals surface area contributed by atoms with Crippen LogP contribution in [0, 0.1) is 0 Å². The van der Waals surface area contributed by atoms with Crippen molar-refractivity contribution in [3.63, 3.8) is 0 Å². The molecular formula is C19H10Cl2F3N3. The lowest BCUT2D eigenvalue weighted by Crippen LogP contribution is -2.13. The maximum absolute atomic E-state index is 13.6.